The number of hydrogen-bond donors (Lipinski definition) is 1. The third-order valence-electron chi connectivity index (χ3n) is 3.45. The maximum atomic E-state index is 13.5. The Morgan fingerprint density at radius 2 is 1.90 bits per heavy atom. The molecule has 1 fully saturated rings. The van der Waals surface area contributed by atoms with Gasteiger partial charge in [-0.15, -0.1) is 0 Å². The third-order valence-corrected chi connectivity index (χ3v) is 3.67. The van der Waals surface area contributed by atoms with Gasteiger partial charge in [0.1, 0.15) is 10.8 Å². The van der Waals surface area contributed by atoms with Crippen LogP contribution in [0.3, 0.4) is 0 Å². The Morgan fingerprint density at radius 3 is 2.52 bits per heavy atom. The minimum absolute atomic E-state index is 0.0347. The van der Waals surface area contributed by atoms with Gasteiger partial charge in [-0.3, -0.25) is 9.59 Å². The second-order valence-corrected chi connectivity index (χ2v) is 5.23. The molecule has 2 rings (SSSR count). The van der Waals surface area contributed by atoms with Crippen LogP contribution in [0, 0.1) is 5.82 Å². The highest BCUT2D eigenvalue weighted by Gasteiger charge is 2.31. The van der Waals surface area contributed by atoms with E-state index in [1.807, 2.05) is 6.92 Å². The summed E-state index contributed by atoms with van der Waals surface area (Å²) in [6, 6.07) is 4.33. The van der Waals surface area contributed by atoms with Gasteiger partial charge in [-0.05, 0) is 24.6 Å². The van der Waals surface area contributed by atoms with Gasteiger partial charge in [-0.25, -0.2) is 4.39 Å². The number of halogens is 1. The molecule has 0 aromatic heterocycles. The van der Waals surface area contributed by atoms with Crippen molar-refractivity contribution in [2.24, 2.45) is 5.73 Å². The molecule has 2 N–H and O–H groups in total. The lowest BCUT2D eigenvalue weighted by atomic mass is 10.1. The number of carbonyl (C=O) groups is 2. The van der Waals surface area contributed by atoms with Crippen molar-refractivity contribution in [2.75, 3.05) is 19.6 Å². The topological polar surface area (TPSA) is 66.6 Å². The quantitative estimate of drug-likeness (QED) is 0.655. The standard InChI is InChI=1S/C14H16FN3O2S/c1-2-17-5-6-18(14(20)13(17)19)8-9-3-4-11(15)10(7-9)12(16)21/h3-4,7H,2,5-6,8H2,1H3,(H2,16,21). The van der Waals surface area contributed by atoms with E-state index in [2.05, 4.69) is 0 Å². The monoisotopic (exact) mass is 309 g/mol. The van der Waals surface area contributed by atoms with Crippen LogP contribution in [-0.2, 0) is 16.1 Å². The Kier molecular flexibility index (Phi) is 4.52. The van der Waals surface area contributed by atoms with E-state index >= 15 is 0 Å². The second kappa shape index (κ2) is 6.17. The molecule has 1 heterocycles. The molecule has 0 radical (unpaired) electrons. The second-order valence-electron chi connectivity index (χ2n) is 4.79. The van der Waals surface area contributed by atoms with E-state index in [4.69, 9.17) is 18.0 Å². The number of likely N-dealkylation sites (N-methyl/N-ethyl adjacent to an activating group) is 1. The summed E-state index contributed by atoms with van der Waals surface area (Å²) in [7, 11) is 0. The van der Waals surface area contributed by atoms with Gasteiger partial charge < -0.3 is 15.5 Å². The number of rotatable bonds is 4. The van der Waals surface area contributed by atoms with Crippen LogP contribution in [0.15, 0.2) is 18.2 Å². The predicted octanol–water partition coefficient (Wildman–Crippen LogP) is 0.651. The lowest BCUT2D eigenvalue weighted by Gasteiger charge is -2.33. The Morgan fingerprint density at radius 1 is 1.29 bits per heavy atom. The molecular formula is C14H16FN3O2S. The molecule has 1 aromatic rings. The van der Waals surface area contributed by atoms with Crippen LogP contribution in [0.2, 0.25) is 0 Å². The zero-order valence-electron chi connectivity index (χ0n) is 11.6. The van der Waals surface area contributed by atoms with Crippen molar-refractivity contribution >= 4 is 29.0 Å². The molecule has 112 valence electrons. The maximum Gasteiger partial charge on any atom is 0.312 e. The normalized spacial score (nSPS) is 15.5. The van der Waals surface area contributed by atoms with Crippen molar-refractivity contribution in [3.63, 3.8) is 0 Å². The molecule has 21 heavy (non-hydrogen) atoms. The molecule has 0 aliphatic carbocycles. The molecule has 1 aliphatic rings. The highest BCUT2D eigenvalue weighted by molar-refractivity contribution is 7.80. The average Bonchev–Trinajstić information content (AvgIpc) is 2.46. The molecular weight excluding hydrogens is 293 g/mol. The molecule has 0 bridgehead atoms. The summed E-state index contributed by atoms with van der Waals surface area (Å²) in [5.74, 6) is -1.53. The van der Waals surface area contributed by atoms with Crippen LogP contribution in [0.4, 0.5) is 4.39 Å². The summed E-state index contributed by atoms with van der Waals surface area (Å²) in [5, 5.41) is 0. The predicted molar refractivity (Wildman–Crippen MR) is 80.0 cm³/mol. The van der Waals surface area contributed by atoms with Crippen LogP contribution in [0.25, 0.3) is 0 Å². The molecule has 0 saturated carbocycles. The van der Waals surface area contributed by atoms with E-state index in [9.17, 15) is 14.0 Å². The molecule has 1 saturated heterocycles. The van der Waals surface area contributed by atoms with Crippen molar-refractivity contribution in [3.8, 4) is 0 Å². The summed E-state index contributed by atoms with van der Waals surface area (Å²) < 4.78 is 13.5. The number of thiocarbonyl (C=S) groups is 1. The number of hydrogen-bond acceptors (Lipinski definition) is 3. The first-order valence-corrected chi connectivity index (χ1v) is 7.01. The maximum absolute atomic E-state index is 13.5. The van der Waals surface area contributed by atoms with E-state index in [-0.39, 0.29) is 17.1 Å². The minimum atomic E-state index is -0.538. The van der Waals surface area contributed by atoms with E-state index in [0.29, 0.717) is 25.2 Å². The molecule has 0 spiro atoms. The smallest absolute Gasteiger partial charge is 0.312 e. The average molecular weight is 309 g/mol. The first-order valence-electron chi connectivity index (χ1n) is 6.60. The lowest BCUT2D eigenvalue weighted by molar-refractivity contribution is -0.156. The Balaban J connectivity index is 2.16. The van der Waals surface area contributed by atoms with Crippen LogP contribution < -0.4 is 5.73 Å². The Bertz CT molecular complexity index is 606. The fraction of sp³-hybridized carbons (Fsp3) is 0.357. The summed E-state index contributed by atoms with van der Waals surface area (Å²) in [5.41, 5.74) is 6.28. The Labute approximate surface area is 127 Å². The first kappa shape index (κ1) is 15.4. The van der Waals surface area contributed by atoms with Crippen LogP contribution >= 0.6 is 12.2 Å². The van der Waals surface area contributed by atoms with E-state index in [1.54, 1.807) is 6.07 Å². The largest absolute Gasteiger partial charge is 0.389 e. The fourth-order valence-electron chi connectivity index (χ4n) is 2.25. The zero-order chi connectivity index (χ0) is 15.6. The molecule has 5 nitrogen and oxygen atoms in total. The molecule has 2 amide bonds. The first-order chi connectivity index (χ1) is 9.93. The molecule has 1 aliphatic heterocycles. The van der Waals surface area contributed by atoms with Crippen molar-refractivity contribution in [1.82, 2.24) is 9.80 Å². The fourth-order valence-corrected chi connectivity index (χ4v) is 2.40. The number of carbonyl (C=O) groups excluding carboxylic acids is 2. The van der Waals surface area contributed by atoms with Crippen molar-refractivity contribution in [2.45, 2.75) is 13.5 Å². The third kappa shape index (κ3) is 3.18. The highest BCUT2D eigenvalue weighted by Crippen LogP contribution is 2.15. The van der Waals surface area contributed by atoms with Crippen molar-refractivity contribution in [3.05, 3.63) is 35.1 Å². The summed E-state index contributed by atoms with van der Waals surface area (Å²) in [4.78, 5) is 26.7. The Hall–Kier alpha value is -2.02. The number of amides is 2. The van der Waals surface area contributed by atoms with Gasteiger partial charge in [-0.1, -0.05) is 18.3 Å². The van der Waals surface area contributed by atoms with E-state index in [1.165, 1.54) is 21.9 Å². The SMILES string of the molecule is CCN1CCN(Cc2ccc(F)c(C(N)=S)c2)C(=O)C1=O. The zero-order valence-corrected chi connectivity index (χ0v) is 12.5. The van der Waals surface area contributed by atoms with Crippen molar-refractivity contribution in [1.29, 1.82) is 0 Å². The summed E-state index contributed by atoms with van der Waals surface area (Å²) in [6.45, 7) is 3.54. The molecule has 1 aromatic carbocycles. The van der Waals surface area contributed by atoms with Gasteiger partial charge in [0, 0.05) is 31.7 Å². The highest BCUT2D eigenvalue weighted by atomic mass is 32.1. The molecule has 7 heteroatoms. The van der Waals surface area contributed by atoms with Gasteiger partial charge >= 0.3 is 11.8 Å². The van der Waals surface area contributed by atoms with Gasteiger partial charge in [0.05, 0.1) is 0 Å². The van der Waals surface area contributed by atoms with E-state index < -0.39 is 17.6 Å². The minimum Gasteiger partial charge on any atom is -0.389 e. The molecule has 0 atom stereocenters. The number of piperazine rings is 1. The van der Waals surface area contributed by atoms with Gasteiger partial charge in [0.15, 0.2) is 0 Å². The van der Waals surface area contributed by atoms with Crippen molar-refractivity contribution < 1.29 is 14.0 Å². The number of nitrogens with two attached hydrogens (primary N) is 1. The number of benzene rings is 1. The van der Waals surface area contributed by atoms with Gasteiger partial charge in [0.25, 0.3) is 0 Å². The van der Waals surface area contributed by atoms with E-state index in [0.717, 1.165) is 0 Å². The summed E-state index contributed by atoms with van der Waals surface area (Å²) in [6.07, 6.45) is 0. The van der Waals surface area contributed by atoms with Crippen LogP contribution in [0.5, 0.6) is 0 Å². The molecule has 0 unspecified atom stereocenters. The summed E-state index contributed by atoms with van der Waals surface area (Å²) >= 11 is 4.78. The van der Waals surface area contributed by atoms with Gasteiger partial charge in [-0.2, -0.15) is 0 Å². The van der Waals surface area contributed by atoms with Crippen LogP contribution in [0.1, 0.15) is 18.1 Å². The number of nitrogens with zero attached hydrogens (tertiary/aromatic N) is 2. The van der Waals surface area contributed by atoms with Gasteiger partial charge in [0.2, 0.25) is 0 Å². The lowest BCUT2D eigenvalue weighted by Crippen LogP contribution is -2.53. The van der Waals surface area contributed by atoms with Crippen LogP contribution in [-0.4, -0.2) is 46.2 Å².